The molecule has 1 aromatic rings. The summed E-state index contributed by atoms with van der Waals surface area (Å²) in [5.74, 6) is 0. The fourth-order valence-corrected chi connectivity index (χ4v) is 1.96. The summed E-state index contributed by atoms with van der Waals surface area (Å²) in [4.78, 5) is 0. The van der Waals surface area contributed by atoms with E-state index in [1.165, 1.54) is 30.5 Å². The molecule has 0 fully saturated rings. The van der Waals surface area contributed by atoms with E-state index >= 15 is 0 Å². The predicted octanol–water partition coefficient (Wildman–Crippen LogP) is 3.03. The van der Waals surface area contributed by atoms with Crippen molar-refractivity contribution in [1.29, 1.82) is 0 Å². The van der Waals surface area contributed by atoms with Crippen LogP contribution in [0.2, 0.25) is 0 Å². The highest BCUT2D eigenvalue weighted by Gasteiger charge is 2.15. The molecule has 1 radical (unpaired) electrons. The number of benzene rings is 1. The van der Waals surface area contributed by atoms with Crippen molar-refractivity contribution < 1.29 is 0 Å². The lowest BCUT2D eigenvalue weighted by Gasteiger charge is -2.26. The highest BCUT2D eigenvalue weighted by molar-refractivity contribution is 5.53. The minimum absolute atomic E-state index is 0.646. The van der Waals surface area contributed by atoms with Crippen LogP contribution in [-0.4, -0.2) is 6.04 Å². The second-order valence-corrected chi connectivity index (χ2v) is 3.68. The molecule has 0 saturated carbocycles. The van der Waals surface area contributed by atoms with E-state index in [0.717, 1.165) is 6.42 Å². The number of fused-ring (bicyclic) bond motifs is 1. The molecule has 13 heavy (non-hydrogen) atoms. The van der Waals surface area contributed by atoms with Gasteiger partial charge in [-0.3, -0.25) is 0 Å². The van der Waals surface area contributed by atoms with Gasteiger partial charge < -0.3 is 5.32 Å². The predicted molar refractivity (Wildman–Crippen MR) is 56.8 cm³/mol. The first kappa shape index (κ1) is 8.61. The lowest BCUT2D eigenvalue weighted by atomic mass is 9.96. The second-order valence-electron chi connectivity index (χ2n) is 3.68. The number of aryl methyl sites for hydroxylation is 1. The molecule has 69 valence electrons. The summed E-state index contributed by atoms with van der Waals surface area (Å²) in [5, 5.41) is 3.56. The van der Waals surface area contributed by atoms with Crippen molar-refractivity contribution in [3.05, 3.63) is 36.8 Å². The van der Waals surface area contributed by atoms with Gasteiger partial charge in [-0.15, -0.1) is 0 Å². The Kier molecular flexibility index (Phi) is 2.53. The number of hydrogen-bond donors (Lipinski definition) is 1. The molecular weight excluding hydrogens is 158 g/mol. The molecule has 0 bridgehead atoms. The Labute approximate surface area is 80.2 Å². The van der Waals surface area contributed by atoms with Crippen LogP contribution in [0, 0.1) is 6.92 Å². The van der Waals surface area contributed by atoms with Crippen LogP contribution in [0.4, 0.5) is 5.69 Å². The summed E-state index contributed by atoms with van der Waals surface area (Å²) < 4.78 is 0. The zero-order valence-electron chi connectivity index (χ0n) is 7.92. The molecule has 1 aliphatic rings. The number of hydrogen-bond acceptors (Lipinski definition) is 1. The second kappa shape index (κ2) is 3.82. The highest BCUT2D eigenvalue weighted by atomic mass is 14.9. The van der Waals surface area contributed by atoms with Gasteiger partial charge in [-0.05, 0) is 30.9 Å². The van der Waals surface area contributed by atoms with E-state index < -0.39 is 0 Å². The maximum atomic E-state index is 3.90. The summed E-state index contributed by atoms with van der Waals surface area (Å²) >= 11 is 0. The van der Waals surface area contributed by atoms with E-state index in [1.54, 1.807) is 0 Å². The van der Waals surface area contributed by atoms with Crippen molar-refractivity contribution in [2.75, 3.05) is 5.32 Å². The van der Waals surface area contributed by atoms with Crippen LogP contribution < -0.4 is 5.32 Å². The number of anilines is 1. The summed E-state index contributed by atoms with van der Waals surface area (Å²) in [6, 6.07) is 9.24. The minimum Gasteiger partial charge on any atom is -0.382 e. The fourth-order valence-electron chi connectivity index (χ4n) is 1.96. The largest absolute Gasteiger partial charge is 0.382 e. The normalized spacial score (nSPS) is 20.5. The van der Waals surface area contributed by atoms with Gasteiger partial charge in [-0.1, -0.05) is 31.5 Å². The van der Waals surface area contributed by atoms with Gasteiger partial charge in [0.15, 0.2) is 0 Å². The van der Waals surface area contributed by atoms with Gasteiger partial charge in [-0.25, -0.2) is 0 Å². The molecule has 0 aromatic heterocycles. The Morgan fingerprint density at radius 1 is 1.38 bits per heavy atom. The van der Waals surface area contributed by atoms with Crippen molar-refractivity contribution in [1.82, 2.24) is 0 Å². The average Bonchev–Trinajstić information content (AvgIpc) is 2.18. The molecule has 1 heteroatoms. The van der Waals surface area contributed by atoms with Crippen molar-refractivity contribution >= 4 is 5.69 Å². The first-order chi connectivity index (χ1) is 6.40. The summed E-state index contributed by atoms with van der Waals surface area (Å²) in [7, 11) is 0. The Bertz CT molecular complexity index is 280. The van der Waals surface area contributed by atoms with Gasteiger partial charge in [0.05, 0.1) is 0 Å². The third kappa shape index (κ3) is 1.85. The van der Waals surface area contributed by atoms with Crippen LogP contribution in [0.1, 0.15) is 24.8 Å². The van der Waals surface area contributed by atoms with Crippen LogP contribution in [0.15, 0.2) is 24.3 Å². The quantitative estimate of drug-likeness (QED) is 0.726. The molecule has 1 heterocycles. The average molecular weight is 174 g/mol. The molecule has 0 amide bonds. The lowest BCUT2D eigenvalue weighted by Crippen LogP contribution is -2.24. The molecule has 1 aromatic carbocycles. The first-order valence-corrected chi connectivity index (χ1v) is 5.04. The molecule has 0 spiro atoms. The number of para-hydroxylation sites is 1. The Morgan fingerprint density at radius 3 is 3.08 bits per heavy atom. The van der Waals surface area contributed by atoms with E-state index in [0.29, 0.717) is 6.04 Å². The summed E-state index contributed by atoms with van der Waals surface area (Å²) in [6.45, 7) is 3.90. The van der Waals surface area contributed by atoms with Gasteiger partial charge in [0, 0.05) is 11.7 Å². The van der Waals surface area contributed by atoms with E-state index in [-0.39, 0.29) is 0 Å². The third-order valence-electron chi connectivity index (χ3n) is 2.69. The van der Waals surface area contributed by atoms with Gasteiger partial charge in [-0.2, -0.15) is 0 Å². The van der Waals surface area contributed by atoms with Crippen LogP contribution >= 0.6 is 0 Å². The monoisotopic (exact) mass is 174 g/mol. The first-order valence-electron chi connectivity index (χ1n) is 5.04. The van der Waals surface area contributed by atoms with E-state index in [4.69, 9.17) is 0 Å². The molecular formula is C12H16N. The van der Waals surface area contributed by atoms with Crippen LogP contribution in [0.3, 0.4) is 0 Å². The standard InChI is InChI=1S/C12H16N/c1-2-5-11-9-8-10-6-3-4-7-12(10)13-11/h3-4,6-7,11,13H,1-2,5,8-9H2. The van der Waals surface area contributed by atoms with Crippen molar-refractivity contribution in [3.8, 4) is 0 Å². The molecule has 0 aliphatic carbocycles. The Balaban J connectivity index is 2.11. The molecule has 1 N–H and O–H groups in total. The van der Waals surface area contributed by atoms with Gasteiger partial charge in [0.25, 0.3) is 0 Å². The summed E-state index contributed by atoms with van der Waals surface area (Å²) in [5.41, 5.74) is 2.79. The van der Waals surface area contributed by atoms with Crippen molar-refractivity contribution in [2.24, 2.45) is 0 Å². The van der Waals surface area contributed by atoms with E-state index in [2.05, 4.69) is 36.5 Å². The third-order valence-corrected chi connectivity index (χ3v) is 2.69. The van der Waals surface area contributed by atoms with Gasteiger partial charge in [0.2, 0.25) is 0 Å². The highest BCUT2D eigenvalue weighted by Crippen LogP contribution is 2.25. The maximum Gasteiger partial charge on any atom is 0.0374 e. The zero-order chi connectivity index (χ0) is 9.10. The Morgan fingerprint density at radius 2 is 2.23 bits per heavy atom. The molecule has 1 atom stereocenters. The lowest BCUT2D eigenvalue weighted by molar-refractivity contribution is 0.591. The van der Waals surface area contributed by atoms with Crippen LogP contribution in [-0.2, 0) is 6.42 Å². The molecule has 0 saturated heterocycles. The topological polar surface area (TPSA) is 12.0 Å². The molecule has 2 rings (SSSR count). The summed E-state index contributed by atoms with van der Waals surface area (Å²) in [6.07, 6.45) is 4.69. The van der Waals surface area contributed by atoms with E-state index in [1.807, 2.05) is 0 Å². The minimum atomic E-state index is 0.646. The maximum absolute atomic E-state index is 3.90. The van der Waals surface area contributed by atoms with Gasteiger partial charge >= 0.3 is 0 Å². The van der Waals surface area contributed by atoms with E-state index in [9.17, 15) is 0 Å². The van der Waals surface area contributed by atoms with Crippen LogP contribution in [0.5, 0.6) is 0 Å². The van der Waals surface area contributed by atoms with Crippen molar-refractivity contribution in [3.63, 3.8) is 0 Å². The molecule has 1 nitrogen and oxygen atoms in total. The molecule has 1 unspecified atom stereocenters. The smallest absolute Gasteiger partial charge is 0.0374 e. The zero-order valence-corrected chi connectivity index (χ0v) is 7.92. The molecule has 1 aliphatic heterocycles. The van der Waals surface area contributed by atoms with Crippen molar-refractivity contribution in [2.45, 2.75) is 31.7 Å². The SMILES string of the molecule is [CH2]CCC1CCc2ccccc2N1. The number of rotatable bonds is 2. The number of nitrogens with one attached hydrogen (secondary N) is 1. The van der Waals surface area contributed by atoms with Crippen LogP contribution in [0.25, 0.3) is 0 Å². The van der Waals surface area contributed by atoms with Gasteiger partial charge in [0.1, 0.15) is 0 Å². The Hall–Kier alpha value is -0.980. The fraction of sp³-hybridized carbons (Fsp3) is 0.417.